The summed E-state index contributed by atoms with van der Waals surface area (Å²) < 4.78 is 39.5. The lowest BCUT2D eigenvalue weighted by molar-refractivity contribution is -0.140. The third-order valence-corrected chi connectivity index (χ3v) is 7.95. The van der Waals surface area contributed by atoms with Crippen LogP contribution in [0.4, 0.5) is 5.69 Å². The van der Waals surface area contributed by atoms with Crippen LogP contribution in [0.25, 0.3) is 0 Å². The van der Waals surface area contributed by atoms with Crippen LogP contribution in [0.2, 0.25) is 0 Å². The molecule has 0 aliphatic heterocycles. The average molecular weight is 554 g/mol. The van der Waals surface area contributed by atoms with Gasteiger partial charge in [0.1, 0.15) is 24.1 Å². The molecule has 0 unspecified atom stereocenters. The van der Waals surface area contributed by atoms with Crippen LogP contribution < -0.4 is 19.1 Å². The maximum absolute atomic E-state index is 13.9. The van der Waals surface area contributed by atoms with Crippen LogP contribution in [0.5, 0.6) is 11.5 Å². The number of hydrogen-bond donors (Lipinski definition) is 1. The second kappa shape index (κ2) is 13.7. The van der Waals surface area contributed by atoms with Gasteiger partial charge in [-0.05, 0) is 67.4 Å². The Morgan fingerprint density at radius 3 is 2.21 bits per heavy atom. The van der Waals surface area contributed by atoms with E-state index in [0.29, 0.717) is 30.2 Å². The number of anilines is 1. The Bertz CT molecular complexity index is 1350. The molecule has 39 heavy (non-hydrogen) atoms. The van der Waals surface area contributed by atoms with Gasteiger partial charge in [-0.2, -0.15) is 0 Å². The number of sulfonamides is 1. The summed E-state index contributed by atoms with van der Waals surface area (Å²) in [6.45, 7) is 3.68. The summed E-state index contributed by atoms with van der Waals surface area (Å²) in [5.74, 6) is 0.289. The number of likely N-dealkylation sites (N-methyl/N-ethyl adjacent to an activating group) is 1. The first kappa shape index (κ1) is 29.5. The van der Waals surface area contributed by atoms with Gasteiger partial charge in [-0.3, -0.25) is 13.9 Å². The summed E-state index contributed by atoms with van der Waals surface area (Å²) >= 11 is 0. The summed E-state index contributed by atoms with van der Waals surface area (Å²) in [6, 6.07) is 20.9. The molecule has 0 aromatic heterocycles. The van der Waals surface area contributed by atoms with Crippen LogP contribution in [0, 0.1) is 0 Å². The van der Waals surface area contributed by atoms with Gasteiger partial charge in [0.15, 0.2) is 0 Å². The topological polar surface area (TPSA) is 105 Å². The molecular weight excluding hydrogens is 518 g/mol. The lowest BCUT2D eigenvalue weighted by atomic mass is 10.1. The maximum atomic E-state index is 13.9. The first-order chi connectivity index (χ1) is 18.7. The van der Waals surface area contributed by atoms with E-state index in [2.05, 4.69) is 5.32 Å². The number of rotatable bonds is 13. The molecule has 1 N–H and O–H groups in total. The number of carbonyl (C=O) groups is 2. The Morgan fingerprint density at radius 2 is 1.62 bits per heavy atom. The number of methoxy groups -OCH3 is 1. The number of nitrogens with zero attached hydrogens (tertiary/aromatic N) is 2. The lowest BCUT2D eigenvalue weighted by Gasteiger charge is -2.33. The van der Waals surface area contributed by atoms with Gasteiger partial charge in [0.2, 0.25) is 11.8 Å². The van der Waals surface area contributed by atoms with Gasteiger partial charge in [-0.1, -0.05) is 37.3 Å². The smallest absolute Gasteiger partial charge is 0.264 e. The number of carbonyl (C=O) groups excluding carboxylic acids is 2. The van der Waals surface area contributed by atoms with Crippen molar-refractivity contribution in [2.45, 2.75) is 37.8 Å². The summed E-state index contributed by atoms with van der Waals surface area (Å²) in [5.41, 5.74) is 1.07. The fraction of sp³-hybridized carbons (Fsp3) is 0.310. The zero-order chi connectivity index (χ0) is 28.4. The monoisotopic (exact) mass is 553 g/mol. The van der Waals surface area contributed by atoms with Crippen LogP contribution in [0.3, 0.4) is 0 Å². The average Bonchev–Trinajstić information content (AvgIpc) is 2.96. The zero-order valence-corrected chi connectivity index (χ0v) is 23.5. The molecule has 0 spiro atoms. The minimum Gasteiger partial charge on any atom is -0.497 e. The van der Waals surface area contributed by atoms with E-state index < -0.39 is 28.5 Å². The first-order valence-corrected chi connectivity index (χ1v) is 14.1. The van der Waals surface area contributed by atoms with Crippen molar-refractivity contribution < 1.29 is 27.5 Å². The van der Waals surface area contributed by atoms with E-state index in [4.69, 9.17) is 9.47 Å². The molecule has 0 heterocycles. The predicted octanol–water partition coefficient (Wildman–Crippen LogP) is 3.84. The molecule has 0 aliphatic rings. The molecular formula is C29H35N3O6S. The van der Waals surface area contributed by atoms with Crippen LogP contribution in [0.1, 0.15) is 25.8 Å². The number of benzene rings is 3. The third kappa shape index (κ3) is 7.29. The van der Waals surface area contributed by atoms with Crippen LogP contribution >= 0.6 is 0 Å². The van der Waals surface area contributed by atoms with Crippen molar-refractivity contribution in [1.29, 1.82) is 0 Å². The molecule has 0 aliphatic carbocycles. The molecule has 3 aromatic carbocycles. The Hall–Kier alpha value is -4.05. The van der Waals surface area contributed by atoms with Crippen molar-refractivity contribution in [1.82, 2.24) is 10.2 Å². The quantitative estimate of drug-likeness (QED) is 0.345. The Kier molecular flexibility index (Phi) is 10.3. The van der Waals surface area contributed by atoms with Crippen molar-refractivity contribution in [3.8, 4) is 11.5 Å². The van der Waals surface area contributed by atoms with E-state index in [1.807, 2.05) is 13.0 Å². The van der Waals surface area contributed by atoms with E-state index >= 15 is 0 Å². The molecule has 0 fully saturated rings. The molecule has 2 amide bonds. The number of amides is 2. The molecule has 0 saturated heterocycles. The first-order valence-electron chi connectivity index (χ1n) is 12.7. The van der Waals surface area contributed by atoms with E-state index in [9.17, 15) is 18.0 Å². The van der Waals surface area contributed by atoms with Gasteiger partial charge in [0, 0.05) is 13.6 Å². The van der Waals surface area contributed by atoms with Gasteiger partial charge in [0.25, 0.3) is 10.0 Å². The highest BCUT2D eigenvalue weighted by molar-refractivity contribution is 7.92. The predicted molar refractivity (Wildman–Crippen MR) is 150 cm³/mol. The van der Waals surface area contributed by atoms with E-state index in [1.54, 1.807) is 74.7 Å². The highest BCUT2D eigenvalue weighted by Gasteiger charge is 2.33. The summed E-state index contributed by atoms with van der Waals surface area (Å²) in [6.07, 6.45) is 0.340. The van der Waals surface area contributed by atoms with E-state index in [-0.39, 0.29) is 17.3 Å². The van der Waals surface area contributed by atoms with Gasteiger partial charge in [-0.25, -0.2) is 8.42 Å². The molecule has 0 saturated carbocycles. The van der Waals surface area contributed by atoms with Crippen molar-refractivity contribution in [2.24, 2.45) is 0 Å². The SMILES string of the molecule is CCOc1ccc(S(=O)(=O)N(CC(=O)N(Cc2cccc(OC)c2)[C@H](CC)C(=O)NC)c2ccccc2)cc1. The molecule has 1 atom stereocenters. The lowest BCUT2D eigenvalue weighted by Crippen LogP contribution is -2.51. The van der Waals surface area contributed by atoms with Gasteiger partial charge < -0.3 is 19.7 Å². The number of nitrogens with one attached hydrogen (secondary N) is 1. The summed E-state index contributed by atoms with van der Waals surface area (Å²) in [7, 11) is -1.09. The van der Waals surface area contributed by atoms with E-state index in [1.165, 1.54) is 24.1 Å². The van der Waals surface area contributed by atoms with Crippen molar-refractivity contribution in [3.05, 3.63) is 84.4 Å². The molecule has 3 aromatic rings. The minimum atomic E-state index is -4.15. The highest BCUT2D eigenvalue weighted by atomic mass is 32.2. The number of para-hydroxylation sites is 1. The van der Waals surface area contributed by atoms with E-state index in [0.717, 1.165) is 9.87 Å². The molecule has 9 nitrogen and oxygen atoms in total. The summed E-state index contributed by atoms with van der Waals surface area (Å²) in [4.78, 5) is 28.1. The normalized spacial score (nSPS) is 11.8. The maximum Gasteiger partial charge on any atom is 0.264 e. The molecule has 208 valence electrons. The third-order valence-electron chi connectivity index (χ3n) is 6.17. The van der Waals surface area contributed by atoms with Gasteiger partial charge >= 0.3 is 0 Å². The number of ether oxygens (including phenoxy) is 2. The fourth-order valence-corrected chi connectivity index (χ4v) is 5.59. The summed E-state index contributed by atoms with van der Waals surface area (Å²) in [5, 5.41) is 2.62. The second-order valence-electron chi connectivity index (χ2n) is 8.66. The second-order valence-corrected chi connectivity index (χ2v) is 10.5. The van der Waals surface area contributed by atoms with Crippen LogP contribution in [-0.4, -0.2) is 58.5 Å². The molecule has 0 radical (unpaired) electrons. The minimum absolute atomic E-state index is 0.0142. The standard InChI is InChI=1S/C29H35N3O6S/c1-5-27(29(34)30-3)31(20-22-11-10-14-25(19-22)37-4)28(33)21-32(23-12-8-7-9-13-23)39(35,36)26-17-15-24(16-18-26)38-6-2/h7-19,27H,5-6,20-21H2,1-4H3,(H,30,34)/t27-/m1/s1. The largest absolute Gasteiger partial charge is 0.497 e. The van der Waals surface area contributed by atoms with Crippen LogP contribution in [-0.2, 0) is 26.2 Å². The molecule has 3 rings (SSSR count). The zero-order valence-electron chi connectivity index (χ0n) is 22.7. The van der Waals surface area contributed by atoms with Gasteiger partial charge in [0.05, 0.1) is 24.3 Å². The fourth-order valence-electron chi connectivity index (χ4n) is 4.18. The Labute approximate surface area is 230 Å². The van der Waals surface area contributed by atoms with Crippen LogP contribution in [0.15, 0.2) is 83.8 Å². The Morgan fingerprint density at radius 1 is 0.923 bits per heavy atom. The van der Waals surface area contributed by atoms with Crippen molar-refractivity contribution in [3.63, 3.8) is 0 Å². The van der Waals surface area contributed by atoms with Crippen molar-refractivity contribution in [2.75, 3.05) is 31.6 Å². The molecule has 10 heteroatoms. The van der Waals surface area contributed by atoms with Gasteiger partial charge in [-0.15, -0.1) is 0 Å². The highest BCUT2D eigenvalue weighted by Crippen LogP contribution is 2.26. The molecule has 0 bridgehead atoms. The number of hydrogen-bond acceptors (Lipinski definition) is 6. The van der Waals surface area contributed by atoms with Crippen molar-refractivity contribution >= 4 is 27.5 Å². The Balaban J connectivity index is 2.02.